The fraction of sp³-hybridized carbons (Fsp3) is 0.526. The fourth-order valence-electron chi connectivity index (χ4n) is 2.88. The number of nitrogens with one attached hydrogen (secondary N) is 1. The maximum Gasteiger partial charge on any atom is 0.251 e. The summed E-state index contributed by atoms with van der Waals surface area (Å²) in [6.07, 6.45) is 1.20. The number of morpholine rings is 1. The molecule has 1 fully saturated rings. The smallest absolute Gasteiger partial charge is 0.251 e. The van der Waals surface area contributed by atoms with Crippen LogP contribution in [-0.2, 0) is 21.2 Å². The summed E-state index contributed by atoms with van der Waals surface area (Å²) in [5.41, 5.74) is 0.305. The van der Waals surface area contributed by atoms with Crippen molar-refractivity contribution in [1.82, 2.24) is 19.8 Å². The lowest BCUT2D eigenvalue weighted by molar-refractivity contribution is 0.0730. The van der Waals surface area contributed by atoms with E-state index in [-0.39, 0.29) is 16.7 Å². The van der Waals surface area contributed by atoms with Crippen molar-refractivity contribution in [2.45, 2.75) is 37.5 Å². The predicted octanol–water partition coefficient (Wildman–Crippen LogP) is 1.58. The highest BCUT2D eigenvalue weighted by Gasteiger charge is 2.26. The zero-order valence-electron chi connectivity index (χ0n) is 16.6. The number of carbonyl (C=O) groups is 1. The largest absolute Gasteiger partial charge is 0.379 e. The summed E-state index contributed by atoms with van der Waals surface area (Å²) >= 11 is 0. The number of rotatable bonds is 8. The lowest BCUT2D eigenvalue weighted by atomic mass is 10.2. The highest BCUT2D eigenvalue weighted by atomic mass is 32.2. The second-order valence-corrected chi connectivity index (χ2v) is 9.04. The van der Waals surface area contributed by atoms with Crippen molar-refractivity contribution in [2.75, 3.05) is 32.8 Å². The quantitative estimate of drug-likeness (QED) is 0.642. The monoisotopic (exact) mass is 422 g/mol. The van der Waals surface area contributed by atoms with Crippen LogP contribution in [-0.4, -0.2) is 61.6 Å². The molecule has 29 heavy (non-hydrogen) atoms. The van der Waals surface area contributed by atoms with Crippen molar-refractivity contribution in [3.05, 3.63) is 41.5 Å². The van der Waals surface area contributed by atoms with Crippen LogP contribution in [0.2, 0.25) is 0 Å². The number of benzene rings is 1. The summed E-state index contributed by atoms with van der Waals surface area (Å²) in [4.78, 5) is 16.8. The molecular weight excluding hydrogens is 396 g/mol. The van der Waals surface area contributed by atoms with Gasteiger partial charge < -0.3 is 14.6 Å². The van der Waals surface area contributed by atoms with E-state index < -0.39 is 10.0 Å². The van der Waals surface area contributed by atoms with Crippen LogP contribution in [0, 0.1) is 0 Å². The lowest BCUT2D eigenvalue weighted by Gasteiger charge is -2.26. The molecule has 1 saturated heterocycles. The van der Waals surface area contributed by atoms with Gasteiger partial charge in [-0.15, -0.1) is 0 Å². The van der Waals surface area contributed by atoms with Gasteiger partial charge in [-0.3, -0.25) is 4.79 Å². The normalized spacial score (nSPS) is 15.6. The molecule has 1 N–H and O–H groups in total. The van der Waals surface area contributed by atoms with Crippen LogP contribution in [0.25, 0.3) is 0 Å². The summed E-state index contributed by atoms with van der Waals surface area (Å²) in [6.45, 7) is 5.76. The van der Waals surface area contributed by atoms with Gasteiger partial charge in [-0.2, -0.15) is 9.29 Å². The highest BCUT2D eigenvalue weighted by Crippen LogP contribution is 2.18. The molecule has 0 aliphatic carbocycles. The van der Waals surface area contributed by atoms with Crippen LogP contribution in [0.4, 0.5) is 0 Å². The van der Waals surface area contributed by atoms with Crippen molar-refractivity contribution in [3.63, 3.8) is 0 Å². The zero-order valence-corrected chi connectivity index (χ0v) is 17.4. The molecule has 1 amide bonds. The first-order valence-electron chi connectivity index (χ1n) is 9.66. The van der Waals surface area contributed by atoms with Crippen molar-refractivity contribution >= 4 is 15.9 Å². The Labute approximate surface area is 170 Å². The third-order valence-corrected chi connectivity index (χ3v) is 6.45. The first-order chi connectivity index (χ1) is 13.9. The average Bonchev–Trinajstić information content (AvgIpc) is 3.21. The molecule has 0 unspecified atom stereocenters. The van der Waals surface area contributed by atoms with Gasteiger partial charge in [0.25, 0.3) is 5.91 Å². The van der Waals surface area contributed by atoms with Gasteiger partial charge >= 0.3 is 0 Å². The van der Waals surface area contributed by atoms with Crippen LogP contribution < -0.4 is 5.32 Å². The van der Waals surface area contributed by atoms with Crippen LogP contribution in [0.3, 0.4) is 0 Å². The summed E-state index contributed by atoms with van der Waals surface area (Å²) in [5, 5.41) is 6.71. The van der Waals surface area contributed by atoms with E-state index >= 15 is 0 Å². The Morgan fingerprint density at radius 2 is 2.03 bits per heavy atom. The summed E-state index contributed by atoms with van der Waals surface area (Å²) < 4.78 is 37.2. The van der Waals surface area contributed by atoms with E-state index in [0.29, 0.717) is 63.0 Å². The first kappa shape index (κ1) is 21.4. The Hall–Kier alpha value is -2.30. The molecule has 2 aromatic rings. The molecule has 0 spiro atoms. The van der Waals surface area contributed by atoms with E-state index in [2.05, 4.69) is 15.5 Å². The maximum absolute atomic E-state index is 12.7. The first-order valence-corrected chi connectivity index (χ1v) is 11.1. The Balaban J connectivity index is 1.55. The third-order valence-electron chi connectivity index (χ3n) is 4.56. The van der Waals surface area contributed by atoms with Crippen molar-refractivity contribution in [2.24, 2.45) is 0 Å². The molecule has 158 valence electrons. The highest BCUT2D eigenvalue weighted by molar-refractivity contribution is 7.89. The Bertz CT molecular complexity index is 936. The Morgan fingerprint density at radius 1 is 1.28 bits per heavy atom. The van der Waals surface area contributed by atoms with E-state index in [0.717, 1.165) is 0 Å². The second kappa shape index (κ2) is 9.47. The Kier molecular flexibility index (Phi) is 6.99. The molecule has 0 atom stereocenters. The fourth-order valence-corrected chi connectivity index (χ4v) is 4.34. The van der Waals surface area contributed by atoms with E-state index in [4.69, 9.17) is 9.26 Å². The van der Waals surface area contributed by atoms with Gasteiger partial charge in [0.15, 0.2) is 5.82 Å². The number of carbonyl (C=O) groups excluding carboxylic acids is 1. The van der Waals surface area contributed by atoms with Gasteiger partial charge in [0.1, 0.15) is 0 Å². The van der Waals surface area contributed by atoms with Gasteiger partial charge in [-0.05, 0) is 24.6 Å². The van der Waals surface area contributed by atoms with E-state index in [9.17, 15) is 13.2 Å². The average molecular weight is 423 g/mol. The minimum Gasteiger partial charge on any atom is -0.379 e. The topological polar surface area (TPSA) is 115 Å². The van der Waals surface area contributed by atoms with Gasteiger partial charge in [0.2, 0.25) is 15.9 Å². The minimum absolute atomic E-state index is 0.110. The molecule has 1 aromatic heterocycles. The van der Waals surface area contributed by atoms with Gasteiger partial charge in [0, 0.05) is 37.5 Å². The van der Waals surface area contributed by atoms with Crippen molar-refractivity contribution in [1.29, 1.82) is 0 Å². The van der Waals surface area contributed by atoms with Crippen molar-refractivity contribution < 1.29 is 22.5 Å². The van der Waals surface area contributed by atoms with Gasteiger partial charge in [0.05, 0.1) is 18.1 Å². The lowest BCUT2D eigenvalue weighted by Crippen LogP contribution is -2.40. The zero-order chi connectivity index (χ0) is 20.9. The summed E-state index contributed by atoms with van der Waals surface area (Å²) in [5.74, 6) is 1.09. The number of aryl methyl sites for hydroxylation is 1. The number of ether oxygens (including phenoxy) is 1. The predicted molar refractivity (Wildman–Crippen MR) is 105 cm³/mol. The summed E-state index contributed by atoms with van der Waals surface area (Å²) in [7, 11) is -3.64. The SMILES string of the molecule is CC(C)c1noc(CCCNC(=O)c2cccc(S(=O)(=O)N3CCOCC3)c2)n1. The Morgan fingerprint density at radius 3 is 2.72 bits per heavy atom. The minimum atomic E-state index is -3.64. The molecule has 0 bridgehead atoms. The molecule has 1 aliphatic heterocycles. The molecule has 2 heterocycles. The van der Waals surface area contributed by atoms with Crippen LogP contribution in [0.15, 0.2) is 33.7 Å². The second-order valence-electron chi connectivity index (χ2n) is 7.10. The molecule has 10 heteroatoms. The van der Waals surface area contributed by atoms with Crippen LogP contribution >= 0.6 is 0 Å². The number of nitrogens with zero attached hydrogens (tertiary/aromatic N) is 3. The van der Waals surface area contributed by atoms with Gasteiger partial charge in [-0.25, -0.2) is 8.42 Å². The van der Waals surface area contributed by atoms with Crippen molar-refractivity contribution in [3.8, 4) is 0 Å². The van der Waals surface area contributed by atoms with E-state index in [1.807, 2.05) is 13.8 Å². The summed E-state index contributed by atoms with van der Waals surface area (Å²) in [6, 6.07) is 6.09. The molecule has 1 aliphatic rings. The van der Waals surface area contributed by atoms with E-state index in [1.165, 1.54) is 16.4 Å². The molecule has 9 nitrogen and oxygen atoms in total. The molecule has 0 saturated carbocycles. The van der Waals surface area contributed by atoms with Crippen LogP contribution in [0.5, 0.6) is 0 Å². The number of amides is 1. The number of aromatic nitrogens is 2. The number of hydrogen-bond acceptors (Lipinski definition) is 7. The molecule has 0 radical (unpaired) electrons. The molecular formula is C19H26N4O5S. The van der Waals surface area contributed by atoms with Gasteiger partial charge in [-0.1, -0.05) is 25.1 Å². The standard InChI is InChI=1S/C19H26N4O5S/c1-14(2)18-21-17(28-22-18)7-4-8-20-19(24)15-5-3-6-16(13-15)29(25,26)23-9-11-27-12-10-23/h3,5-6,13-14H,4,7-12H2,1-2H3,(H,20,24). The van der Waals surface area contributed by atoms with Crippen LogP contribution in [0.1, 0.15) is 48.3 Å². The number of hydrogen-bond donors (Lipinski definition) is 1. The number of sulfonamides is 1. The molecule has 3 rings (SSSR count). The third kappa shape index (κ3) is 5.40. The maximum atomic E-state index is 12.7. The van der Waals surface area contributed by atoms with E-state index in [1.54, 1.807) is 12.1 Å². The molecule has 1 aromatic carbocycles.